The van der Waals surface area contributed by atoms with Gasteiger partial charge in [0.05, 0.1) is 6.10 Å². The van der Waals surface area contributed by atoms with Gasteiger partial charge in [0.1, 0.15) is 5.60 Å². The third-order valence-electron chi connectivity index (χ3n) is 1.82. The second kappa shape index (κ2) is 5.92. The molecule has 15 heavy (non-hydrogen) atoms. The molecule has 0 rings (SSSR count). The number of alkyl carbamates (subject to hydrolysis) is 1. The van der Waals surface area contributed by atoms with E-state index in [0.29, 0.717) is 6.42 Å². The summed E-state index contributed by atoms with van der Waals surface area (Å²) in [4.78, 5) is 11.2. The lowest BCUT2D eigenvalue weighted by atomic mass is 10.1. The zero-order chi connectivity index (χ0) is 12.1. The number of aliphatic hydroxyl groups is 1. The van der Waals surface area contributed by atoms with Crippen LogP contribution >= 0.6 is 0 Å². The van der Waals surface area contributed by atoms with Gasteiger partial charge in [-0.2, -0.15) is 0 Å². The molecule has 0 heterocycles. The highest BCUT2D eigenvalue weighted by Gasteiger charge is 2.18. The second-order valence-electron chi connectivity index (χ2n) is 4.52. The van der Waals surface area contributed by atoms with Crippen molar-refractivity contribution in [2.75, 3.05) is 6.54 Å². The molecular formula is C10H22N2O3. The van der Waals surface area contributed by atoms with Crippen LogP contribution in [0.5, 0.6) is 0 Å². The van der Waals surface area contributed by atoms with Gasteiger partial charge in [0.25, 0.3) is 0 Å². The lowest BCUT2D eigenvalue weighted by Crippen LogP contribution is -2.44. The summed E-state index contributed by atoms with van der Waals surface area (Å²) in [5, 5.41) is 11.9. The van der Waals surface area contributed by atoms with Crippen LogP contribution in [0.2, 0.25) is 0 Å². The highest BCUT2D eigenvalue weighted by Crippen LogP contribution is 2.06. The largest absolute Gasteiger partial charge is 0.444 e. The smallest absolute Gasteiger partial charge is 0.407 e. The molecule has 0 aliphatic heterocycles. The maximum atomic E-state index is 11.2. The molecular weight excluding hydrogens is 196 g/mol. The minimum Gasteiger partial charge on any atom is -0.444 e. The molecule has 0 aliphatic carbocycles. The molecule has 0 unspecified atom stereocenters. The van der Waals surface area contributed by atoms with Crippen molar-refractivity contribution in [3.8, 4) is 0 Å². The predicted molar refractivity (Wildman–Crippen MR) is 58.5 cm³/mol. The van der Waals surface area contributed by atoms with Crippen LogP contribution in [0.4, 0.5) is 4.79 Å². The third-order valence-corrected chi connectivity index (χ3v) is 1.82. The van der Waals surface area contributed by atoms with E-state index in [4.69, 9.17) is 10.5 Å². The van der Waals surface area contributed by atoms with E-state index in [-0.39, 0.29) is 12.6 Å². The number of carbonyl (C=O) groups is 1. The standard InChI is InChI=1S/C10H22N2O3/c1-5-7(11)8(13)6-12-9(14)15-10(2,3)4/h7-8,13H,5-6,11H2,1-4H3,(H,12,14)/t7-,8+/m0/s1. The molecule has 0 bridgehead atoms. The lowest BCUT2D eigenvalue weighted by Gasteiger charge is -2.22. The van der Waals surface area contributed by atoms with Crippen LogP contribution in [0.25, 0.3) is 0 Å². The summed E-state index contributed by atoms with van der Waals surface area (Å²) >= 11 is 0. The molecule has 2 atom stereocenters. The van der Waals surface area contributed by atoms with E-state index < -0.39 is 17.8 Å². The predicted octanol–water partition coefficient (Wildman–Crippen LogP) is 0.609. The second-order valence-corrected chi connectivity index (χ2v) is 4.52. The Bertz CT molecular complexity index is 201. The summed E-state index contributed by atoms with van der Waals surface area (Å²) in [6.45, 7) is 7.33. The minimum atomic E-state index is -0.734. The van der Waals surface area contributed by atoms with Crippen molar-refractivity contribution in [2.45, 2.75) is 51.9 Å². The van der Waals surface area contributed by atoms with Crippen LogP contribution in [-0.2, 0) is 4.74 Å². The minimum absolute atomic E-state index is 0.115. The van der Waals surface area contributed by atoms with E-state index >= 15 is 0 Å². The summed E-state index contributed by atoms with van der Waals surface area (Å²) < 4.78 is 5.00. The van der Waals surface area contributed by atoms with E-state index in [2.05, 4.69) is 5.32 Å². The van der Waals surface area contributed by atoms with Crippen molar-refractivity contribution < 1.29 is 14.6 Å². The van der Waals surface area contributed by atoms with Crippen LogP contribution in [0.3, 0.4) is 0 Å². The molecule has 5 nitrogen and oxygen atoms in total. The van der Waals surface area contributed by atoms with Crippen molar-refractivity contribution in [3.63, 3.8) is 0 Å². The van der Waals surface area contributed by atoms with Gasteiger partial charge in [0.2, 0.25) is 0 Å². The molecule has 0 radical (unpaired) electrons. The van der Waals surface area contributed by atoms with E-state index in [9.17, 15) is 9.90 Å². The number of carbonyl (C=O) groups excluding carboxylic acids is 1. The van der Waals surface area contributed by atoms with Crippen molar-refractivity contribution in [2.24, 2.45) is 5.73 Å². The Morgan fingerprint density at radius 1 is 1.53 bits per heavy atom. The van der Waals surface area contributed by atoms with Gasteiger partial charge in [-0.15, -0.1) is 0 Å². The van der Waals surface area contributed by atoms with E-state index in [0.717, 1.165) is 0 Å². The van der Waals surface area contributed by atoms with Gasteiger partial charge in [0, 0.05) is 12.6 Å². The lowest BCUT2D eigenvalue weighted by molar-refractivity contribution is 0.0480. The number of amides is 1. The molecule has 0 spiro atoms. The monoisotopic (exact) mass is 218 g/mol. The molecule has 0 saturated carbocycles. The van der Waals surface area contributed by atoms with E-state index in [1.807, 2.05) is 6.92 Å². The van der Waals surface area contributed by atoms with Crippen LogP contribution in [0, 0.1) is 0 Å². The molecule has 0 saturated heterocycles. The van der Waals surface area contributed by atoms with Crippen molar-refractivity contribution in [3.05, 3.63) is 0 Å². The zero-order valence-electron chi connectivity index (χ0n) is 9.91. The van der Waals surface area contributed by atoms with Crippen LogP contribution < -0.4 is 11.1 Å². The number of hydrogen-bond donors (Lipinski definition) is 3. The van der Waals surface area contributed by atoms with Gasteiger partial charge >= 0.3 is 6.09 Å². The molecule has 0 aromatic rings. The number of nitrogens with one attached hydrogen (secondary N) is 1. The van der Waals surface area contributed by atoms with Gasteiger partial charge < -0.3 is 20.9 Å². The Kier molecular flexibility index (Phi) is 5.60. The van der Waals surface area contributed by atoms with Gasteiger partial charge in [-0.1, -0.05) is 6.92 Å². The fourth-order valence-electron chi connectivity index (χ4n) is 0.926. The molecule has 0 aromatic carbocycles. The number of ether oxygens (including phenoxy) is 1. The van der Waals surface area contributed by atoms with Crippen molar-refractivity contribution in [1.29, 1.82) is 0 Å². The first-order valence-corrected chi connectivity index (χ1v) is 5.16. The Labute approximate surface area is 91.0 Å². The van der Waals surface area contributed by atoms with E-state index in [1.54, 1.807) is 20.8 Å². The average Bonchev–Trinajstić information content (AvgIpc) is 2.10. The maximum absolute atomic E-state index is 11.2. The normalized spacial score (nSPS) is 15.6. The topological polar surface area (TPSA) is 84.6 Å². The van der Waals surface area contributed by atoms with Gasteiger partial charge in [-0.3, -0.25) is 0 Å². The molecule has 1 amide bonds. The number of hydrogen-bond acceptors (Lipinski definition) is 4. The SMILES string of the molecule is CC[C@H](N)[C@H](O)CNC(=O)OC(C)(C)C. The van der Waals surface area contributed by atoms with Gasteiger partial charge in [0.15, 0.2) is 0 Å². The Morgan fingerprint density at radius 3 is 2.47 bits per heavy atom. The van der Waals surface area contributed by atoms with Crippen molar-refractivity contribution in [1.82, 2.24) is 5.32 Å². The quantitative estimate of drug-likeness (QED) is 0.645. The maximum Gasteiger partial charge on any atom is 0.407 e. The molecule has 0 aliphatic rings. The Morgan fingerprint density at radius 2 is 2.07 bits per heavy atom. The first kappa shape index (κ1) is 14.2. The van der Waals surface area contributed by atoms with Crippen LogP contribution in [0.1, 0.15) is 34.1 Å². The van der Waals surface area contributed by atoms with Crippen LogP contribution in [-0.4, -0.2) is 35.5 Å². The van der Waals surface area contributed by atoms with Gasteiger partial charge in [-0.05, 0) is 27.2 Å². The fourth-order valence-corrected chi connectivity index (χ4v) is 0.926. The van der Waals surface area contributed by atoms with Crippen LogP contribution in [0.15, 0.2) is 0 Å². The van der Waals surface area contributed by atoms with E-state index in [1.165, 1.54) is 0 Å². The Balaban J connectivity index is 3.81. The highest BCUT2D eigenvalue weighted by atomic mass is 16.6. The highest BCUT2D eigenvalue weighted by molar-refractivity contribution is 5.67. The summed E-state index contributed by atoms with van der Waals surface area (Å²) in [6, 6.07) is -0.320. The first-order valence-electron chi connectivity index (χ1n) is 5.16. The fraction of sp³-hybridized carbons (Fsp3) is 0.900. The molecule has 4 N–H and O–H groups in total. The number of nitrogens with two attached hydrogens (primary N) is 1. The molecule has 90 valence electrons. The first-order chi connectivity index (χ1) is 6.76. The Hall–Kier alpha value is -0.810. The summed E-state index contributed by atoms with van der Waals surface area (Å²) in [6.07, 6.45) is -0.607. The summed E-state index contributed by atoms with van der Waals surface area (Å²) in [5.74, 6) is 0. The average molecular weight is 218 g/mol. The summed E-state index contributed by atoms with van der Waals surface area (Å²) in [7, 11) is 0. The third kappa shape index (κ3) is 7.16. The molecule has 0 fully saturated rings. The number of aliphatic hydroxyl groups excluding tert-OH is 1. The number of rotatable bonds is 4. The molecule has 5 heteroatoms. The summed E-state index contributed by atoms with van der Waals surface area (Å²) in [5.41, 5.74) is 5.06. The van der Waals surface area contributed by atoms with Crippen molar-refractivity contribution >= 4 is 6.09 Å². The molecule has 0 aromatic heterocycles. The van der Waals surface area contributed by atoms with Gasteiger partial charge in [-0.25, -0.2) is 4.79 Å². The zero-order valence-corrected chi connectivity index (χ0v) is 9.91.